The van der Waals surface area contributed by atoms with Crippen molar-refractivity contribution in [2.45, 2.75) is 19.1 Å². The fourth-order valence-corrected chi connectivity index (χ4v) is 1.75. The lowest BCUT2D eigenvalue weighted by atomic mass is 10.1. The third-order valence-corrected chi connectivity index (χ3v) is 2.80. The normalized spacial score (nSPS) is 12.2. The van der Waals surface area contributed by atoms with Gasteiger partial charge in [0.1, 0.15) is 0 Å². The summed E-state index contributed by atoms with van der Waals surface area (Å²) in [7, 11) is 0. The average Bonchev–Trinajstić information content (AvgIpc) is 2.46. The molecule has 0 spiro atoms. The first-order chi connectivity index (χ1) is 9.95. The molecule has 0 heterocycles. The van der Waals surface area contributed by atoms with Gasteiger partial charge in [0, 0.05) is 11.3 Å². The Balaban J connectivity index is 2.02. The molecular weight excluding hydrogens is 275 g/mol. The van der Waals surface area contributed by atoms with Gasteiger partial charge in [0.2, 0.25) is 0 Å². The minimum absolute atomic E-state index is 0.102. The van der Waals surface area contributed by atoms with Gasteiger partial charge in [0.15, 0.2) is 0 Å². The maximum Gasteiger partial charge on any atom is 0.416 e. The Hall–Kier alpha value is -2.41. The number of hydrogen-bond acceptors (Lipinski definition) is 1. The van der Waals surface area contributed by atoms with Crippen LogP contribution in [0.5, 0.6) is 0 Å². The number of anilines is 1. The molecule has 2 rings (SSSR count). The third-order valence-electron chi connectivity index (χ3n) is 2.80. The molecule has 0 radical (unpaired) electrons. The smallest absolute Gasteiger partial charge is 0.372 e. The van der Waals surface area contributed by atoms with Crippen LogP contribution >= 0.6 is 0 Å². The molecule has 0 aromatic heterocycles. The monoisotopic (exact) mass is 289 g/mol. The lowest BCUT2D eigenvalue weighted by molar-refractivity contribution is -0.137. The average molecular weight is 289 g/mol. The first kappa shape index (κ1) is 15.0. The molecule has 0 saturated heterocycles. The van der Waals surface area contributed by atoms with Crippen LogP contribution in [0.15, 0.2) is 54.6 Å². The molecule has 1 atom stereocenters. The van der Waals surface area contributed by atoms with Crippen LogP contribution in [0, 0.1) is 11.8 Å². The van der Waals surface area contributed by atoms with Crippen LogP contribution in [0.4, 0.5) is 18.9 Å². The predicted octanol–water partition coefficient (Wildman–Crippen LogP) is 4.56. The van der Waals surface area contributed by atoms with Crippen molar-refractivity contribution in [3.8, 4) is 11.8 Å². The number of hydrogen-bond donors (Lipinski definition) is 1. The van der Waals surface area contributed by atoms with E-state index in [1.807, 2.05) is 37.3 Å². The Bertz CT molecular complexity index is 634. The van der Waals surface area contributed by atoms with Gasteiger partial charge in [-0.2, -0.15) is 13.2 Å². The van der Waals surface area contributed by atoms with Crippen molar-refractivity contribution in [1.82, 2.24) is 0 Å². The summed E-state index contributed by atoms with van der Waals surface area (Å²) in [6.07, 6.45) is -4.31. The van der Waals surface area contributed by atoms with Gasteiger partial charge in [-0.3, -0.25) is 0 Å². The summed E-state index contributed by atoms with van der Waals surface area (Å²) in [4.78, 5) is 0. The molecule has 108 valence electrons. The van der Waals surface area contributed by atoms with Gasteiger partial charge < -0.3 is 5.32 Å². The maximum absolute atomic E-state index is 12.4. The number of halogens is 3. The van der Waals surface area contributed by atoms with E-state index in [2.05, 4.69) is 17.2 Å². The molecule has 0 aliphatic heterocycles. The van der Waals surface area contributed by atoms with Crippen molar-refractivity contribution in [1.29, 1.82) is 0 Å². The molecule has 0 aliphatic rings. The summed E-state index contributed by atoms with van der Waals surface area (Å²) in [5.74, 6) is 5.83. The van der Waals surface area contributed by atoms with E-state index in [-0.39, 0.29) is 6.04 Å². The first-order valence-electron chi connectivity index (χ1n) is 6.45. The van der Waals surface area contributed by atoms with Crippen molar-refractivity contribution in [3.05, 3.63) is 65.7 Å². The third kappa shape index (κ3) is 4.57. The molecule has 4 heteroatoms. The van der Waals surface area contributed by atoms with Crippen LogP contribution in [0.1, 0.15) is 18.1 Å². The Morgan fingerprint density at radius 3 is 2.14 bits per heavy atom. The minimum Gasteiger partial charge on any atom is -0.372 e. The van der Waals surface area contributed by atoms with Crippen LogP contribution < -0.4 is 5.32 Å². The molecule has 21 heavy (non-hydrogen) atoms. The summed E-state index contributed by atoms with van der Waals surface area (Å²) in [6, 6.07) is 14.3. The molecule has 0 amide bonds. The van der Waals surface area contributed by atoms with Crippen LogP contribution in [-0.2, 0) is 6.18 Å². The van der Waals surface area contributed by atoms with Crippen molar-refractivity contribution < 1.29 is 13.2 Å². The molecule has 2 aromatic rings. The van der Waals surface area contributed by atoms with Gasteiger partial charge in [-0.15, -0.1) is 0 Å². The Morgan fingerprint density at radius 2 is 1.57 bits per heavy atom. The summed E-state index contributed by atoms with van der Waals surface area (Å²) in [5.41, 5.74) is 0.847. The zero-order valence-corrected chi connectivity index (χ0v) is 11.4. The quantitative estimate of drug-likeness (QED) is 0.799. The highest BCUT2D eigenvalue weighted by molar-refractivity contribution is 5.46. The van der Waals surface area contributed by atoms with Crippen LogP contribution in [0.3, 0.4) is 0 Å². The summed E-state index contributed by atoms with van der Waals surface area (Å²) < 4.78 is 37.3. The fourth-order valence-electron chi connectivity index (χ4n) is 1.75. The second-order valence-electron chi connectivity index (χ2n) is 4.58. The Morgan fingerprint density at radius 1 is 0.952 bits per heavy atom. The summed E-state index contributed by atoms with van der Waals surface area (Å²) in [6.45, 7) is 1.89. The molecular formula is C17H14F3N. The van der Waals surface area contributed by atoms with Gasteiger partial charge in [0.05, 0.1) is 11.6 Å². The highest BCUT2D eigenvalue weighted by atomic mass is 19.4. The zero-order chi connectivity index (χ0) is 15.3. The SMILES string of the molecule is C[C@H](C#Cc1ccc(C(F)(F)F)cc1)Nc1ccccc1. The summed E-state index contributed by atoms with van der Waals surface area (Å²) >= 11 is 0. The molecule has 0 saturated carbocycles. The number of alkyl halides is 3. The predicted molar refractivity (Wildman–Crippen MR) is 77.8 cm³/mol. The highest BCUT2D eigenvalue weighted by Crippen LogP contribution is 2.28. The first-order valence-corrected chi connectivity index (χ1v) is 6.45. The fraction of sp³-hybridized carbons (Fsp3) is 0.176. The largest absolute Gasteiger partial charge is 0.416 e. The lowest BCUT2D eigenvalue weighted by Gasteiger charge is -2.08. The Kier molecular flexibility index (Phi) is 4.54. The van der Waals surface area contributed by atoms with E-state index in [1.54, 1.807) is 0 Å². The van der Waals surface area contributed by atoms with Crippen LogP contribution in [-0.4, -0.2) is 6.04 Å². The number of nitrogens with one attached hydrogen (secondary N) is 1. The molecule has 2 aromatic carbocycles. The molecule has 0 fully saturated rings. The number of benzene rings is 2. The van der Waals surface area contributed by atoms with Crippen molar-refractivity contribution in [2.75, 3.05) is 5.32 Å². The van der Waals surface area contributed by atoms with Gasteiger partial charge in [0.25, 0.3) is 0 Å². The Labute approximate surface area is 121 Å². The molecule has 1 N–H and O–H groups in total. The van der Waals surface area contributed by atoms with Crippen molar-refractivity contribution in [2.24, 2.45) is 0 Å². The van der Waals surface area contributed by atoms with Crippen LogP contribution in [0.25, 0.3) is 0 Å². The second kappa shape index (κ2) is 6.36. The summed E-state index contributed by atoms with van der Waals surface area (Å²) in [5, 5.41) is 3.19. The van der Waals surface area contributed by atoms with E-state index in [0.717, 1.165) is 17.8 Å². The lowest BCUT2D eigenvalue weighted by Crippen LogP contribution is -2.12. The standard InChI is InChI=1S/C17H14F3N/c1-13(21-16-5-3-2-4-6-16)7-8-14-9-11-15(12-10-14)17(18,19)20/h2-6,9-13,21H,1H3/t13-/m1/s1. The van der Waals surface area contributed by atoms with Crippen LogP contribution in [0.2, 0.25) is 0 Å². The molecule has 0 unspecified atom stereocenters. The minimum atomic E-state index is -4.31. The molecule has 1 nitrogen and oxygen atoms in total. The van der Waals surface area contributed by atoms with E-state index in [4.69, 9.17) is 0 Å². The topological polar surface area (TPSA) is 12.0 Å². The molecule has 0 bridgehead atoms. The molecule has 0 aliphatic carbocycles. The maximum atomic E-state index is 12.4. The van der Waals surface area contributed by atoms with Gasteiger partial charge in [-0.1, -0.05) is 30.0 Å². The second-order valence-corrected chi connectivity index (χ2v) is 4.58. The van der Waals surface area contributed by atoms with Gasteiger partial charge in [-0.05, 0) is 43.3 Å². The number of rotatable bonds is 2. The van der Waals surface area contributed by atoms with E-state index in [1.165, 1.54) is 12.1 Å². The van der Waals surface area contributed by atoms with E-state index in [0.29, 0.717) is 5.56 Å². The van der Waals surface area contributed by atoms with Crippen molar-refractivity contribution in [3.63, 3.8) is 0 Å². The van der Waals surface area contributed by atoms with E-state index >= 15 is 0 Å². The number of para-hydroxylation sites is 1. The highest BCUT2D eigenvalue weighted by Gasteiger charge is 2.29. The van der Waals surface area contributed by atoms with Gasteiger partial charge >= 0.3 is 6.18 Å². The zero-order valence-electron chi connectivity index (χ0n) is 11.4. The van der Waals surface area contributed by atoms with E-state index in [9.17, 15) is 13.2 Å². The van der Waals surface area contributed by atoms with E-state index < -0.39 is 11.7 Å². The van der Waals surface area contributed by atoms with Gasteiger partial charge in [-0.25, -0.2) is 0 Å². The van der Waals surface area contributed by atoms with Crippen molar-refractivity contribution >= 4 is 5.69 Å².